The van der Waals surface area contributed by atoms with Gasteiger partial charge in [-0.15, -0.1) is 0 Å². The van der Waals surface area contributed by atoms with Crippen molar-refractivity contribution in [3.05, 3.63) is 65.1 Å². The fourth-order valence-corrected chi connectivity index (χ4v) is 4.23. The zero-order valence-corrected chi connectivity index (χ0v) is 16.2. The fraction of sp³-hybridized carbons (Fsp3) is 0.391. The van der Waals surface area contributed by atoms with E-state index < -0.39 is 0 Å². The molecule has 1 fully saturated rings. The smallest absolute Gasteiger partial charge is 0.270 e. The van der Waals surface area contributed by atoms with Crippen LogP contribution in [0.4, 0.5) is 0 Å². The first-order valence-electron chi connectivity index (χ1n) is 9.93. The van der Waals surface area contributed by atoms with Gasteiger partial charge in [-0.25, -0.2) is 0 Å². The number of aromatic nitrogens is 2. The van der Waals surface area contributed by atoms with Crippen LogP contribution in [0.2, 0.25) is 0 Å². The second-order valence-corrected chi connectivity index (χ2v) is 7.68. The number of nitrogens with zero attached hydrogens (tertiary/aromatic N) is 2. The van der Waals surface area contributed by atoms with E-state index in [-0.39, 0.29) is 5.91 Å². The van der Waals surface area contributed by atoms with Gasteiger partial charge in [0.15, 0.2) is 0 Å². The highest BCUT2D eigenvalue weighted by Crippen LogP contribution is 2.27. The number of fused-ring (bicyclic) bond motifs is 1. The lowest BCUT2D eigenvalue weighted by atomic mass is 9.96. The van der Waals surface area contributed by atoms with Crippen LogP contribution in [-0.2, 0) is 6.42 Å². The summed E-state index contributed by atoms with van der Waals surface area (Å²) >= 11 is 0. The minimum Gasteiger partial charge on any atom is -0.350 e. The lowest BCUT2D eigenvalue weighted by Gasteiger charge is -2.36. The van der Waals surface area contributed by atoms with Gasteiger partial charge in [-0.2, -0.15) is 0 Å². The summed E-state index contributed by atoms with van der Waals surface area (Å²) in [6.45, 7) is 4.99. The number of H-pyrrole nitrogens is 1. The predicted molar refractivity (Wildman–Crippen MR) is 109 cm³/mol. The molecule has 1 aliphatic heterocycles. The molecule has 0 spiro atoms. The molecule has 1 atom stereocenters. The van der Waals surface area contributed by atoms with Crippen LogP contribution in [0, 0.1) is 13.8 Å². The maximum absolute atomic E-state index is 13.4. The zero-order chi connectivity index (χ0) is 18.8. The van der Waals surface area contributed by atoms with Crippen molar-refractivity contribution >= 4 is 16.8 Å². The van der Waals surface area contributed by atoms with E-state index in [4.69, 9.17) is 0 Å². The van der Waals surface area contributed by atoms with Gasteiger partial charge in [0.2, 0.25) is 0 Å². The first-order chi connectivity index (χ1) is 13.1. The summed E-state index contributed by atoms with van der Waals surface area (Å²) in [5.41, 5.74) is 5.18. The number of carbonyl (C=O) groups is 1. The van der Waals surface area contributed by atoms with Crippen LogP contribution in [0.15, 0.2) is 42.6 Å². The van der Waals surface area contributed by atoms with Gasteiger partial charge >= 0.3 is 0 Å². The van der Waals surface area contributed by atoms with Crippen LogP contribution < -0.4 is 0 Å². The van der Waals surface area contributed by atoms with Crippen LogP contribution in [0.25, 0.3) is 10.9 Å². The van der Waals surface area contributed by atoms with E-state index in [2.05, 4.69) is 53.0 Å². The van der Waals surface area contributed by atoms with Gasteiger partial charge in [-0.1, -0.05) is 17.7 Å². The highest BCUT2D eigenvalue weighted by molar-refractivity contribution is 6.01. The van der Waals surface area contributed by atoms with Gasteiger partial charge in [0.1, 0.15) is 5.69 Å². The largest absolute Gasteiger partial charge is 0.350 e. The third-order valence-corrected chi connectivity index (χ3v) is 5.78. The number of piperidine rings is 1. The summed E-state index contributed by atoms with van der Waals surface area (Å²) in [6, 6.07) is 12.7. The molecule has 2 aromatic heterocycles. The van der Waals surface area contributed by atoms with E-state index in [1.165, 1.54) is 12.0 Å². The Bertz CT molecular complexity index is 945. The molecular formula is C23H27N3O. The summed E-state index contributed by atoms with van der Waals surface area (Å²) in [6.07, 6.45) is 7.10. The molecule has 1 saturated heterocycles. The van der Waals surface area contributed by atoms with Crippen molar-refractivity contribution < 1.29 is 4.79 Å². The Morgan fingerprint density at radius 1 is 1.22 bits per heavy atom. The number of aryl methyl sites for hydroxylation is 3. The van der Waals surface area contributed by atoms with E-state index in [9.17, 15) is 4.79 Å². The lowest BCUT2D eigenvalue weighted by molar-refractivity contribution is 0.0595. The van der Waals surface area contributed by atoms with Crippen LogP contribution in [0.3, 0.4) is 0 Å². The first-order valence-corrected chi connectivity index (χ1v) is 9.93. The molecule has 1 aliphatic rings. The van der Waals surface area contributed by atoms with E-state index in [0.29, 0.717) is 6.04 Å². The molecule has 4 heteroatoms. The Labute approximate surface area is 160 Å². The number of amides is 1. The van der Waals surface area contributed by atoms with Gasteiger partial charge in [0, 0.05) is 35.4 Å². The predicted octanol–water partition coefficient (Wildman–Crippen LogP) is 4.81. The van der Waals surface area contributed by atoms with Gasteiger partial charge in [-0.05, 0) is 75.8 Å². The summed E-state index contributed by atoms with van der Waals surface area (Å²) in [7, 11) is 0. The van der Waals surface area contributed by atoms with E-state index in [1.54, 1.807) is 0 Å². The Hall–Kier alpha value is -2.62. The van der Waals surface area contributed by atoms with Crippen molar-refractivity contribution in [2.45, 2.75) is 52.0 Å². The second-order valence-electron chi connectivity index (χ2n) is 7.68. The standard InChI is InChI=1S/C23H27N3O/c1-16-9-12-21-20(15-16)17(2)22(25-21)23(27)26-14-6-4-8-19(26)11-10-18-7-3-5-13-24-18/h3,5,7,9,12-13,15,19,25H,4,6,8,10-11,14H2,1-2H3/t19-/m0/s1. The Morgan fingerprint density at radius 2 is 2.11 bits per heavy atom. The second kappa shape index (κ2) is 7.55. The van der Waals surface area contributed by atoms with E-state index in [1.807, 2.05) is 18.3 Å². The summed E-state index contributed by atoms with van der Waals surface area (Å²) < 4.78 is 0. The molecule has 27 heavy (non-hydrogen) atoms. The molecule has 0 unspecified atom stereocenters. The molecule has 1 aromatic carbocycles. The number of nitrogens with one attached hydrogen (secondary N) is 1. The number of hydrogen-bond acceptors (Lipinski definition) is 2. The van der Waals surface area contributed by atoms with Crippen molar-refractivity contribution in [1.29, 1.82) is 0 Å². The van der Waals surface area contributed by atoms with Crippen molar-refractivity contribution in [3.8, 4) is 0 Å². The zero-order valence-electron chi connectivity index (χ0n) is 16.2. The molecule has 1 N–H and O–H groups in total. The topological polar surface area (TPSA) is 49.0 Å². The minimum absolute atomic E-state index is 0.145. The lowest BCUT2D eigenvalue weighted by Crippen LogP contribution is -2.44. The van der Waals surface area contributed by atoms with Crippen molar-refractivity contribution in [2.24, 2.45) is 0 Å². The molecule has 4 rings (SSSR count). The molecular weight excluding hydrogens is 334 g/mol. The summed E-state index contributed by atoms with van der Waals surface area (Å²) in [4.78, 5) is 23.3. The number of aromatic amines is 1. The van der Waals surface area contributed by atoms with E-state index >= 15 is 0 Å². The minimum atomic E-state index is 0.145. The molecule has 0 bridgehead atoms. The average molecular weight is 361 g/mol. The average Bonchev–Trinajstić information content (AvgIpc) is 3.03. The molecule has 3 aromatic rings. The van der Waals surface area contributed by atoms with Crippen molar-refractivity contribution in [3.63, 3.8) is 0 Å². The third kappa shape index (κ3) is 3.61. The molecule has 140 valence electrons. The number of pyridine rings is 1. The van der Waals surface area contributed by atoms with Crippen LogP contribution in [-0.4, -0.2) is 33.4 Å². The molecule has 3 heterocycles. The number of likely N-dealkylation sites (tertiary alicyclic amines) is 1. The van der Waals surface area contributed by atoms with Gasteiger partial charge in [0.25, 0.3) is 5.91 Å². The Kier molecular flexibility index (Phi) is 4.97. The van der Waals surface area contributed by atoms with Gasteiger partial charge in [-0.3, -0.25) is 9.78 Å². The van der Waals surface area contributed by atoms with Crippen LogP contribution in [0.1, 0.15) is 53.0 Å². The number of hydrogen-bond donors (Lipinski definition) is 1. The van der Waals surface area contributed by atoms with Gasteiger partial charge < -0.3 is 9.88 Å². The maximum Gasteiger partial charge on any atom is 0.270 e. The molecule has 1 amide bonds. The van der Waals surface area contributed by atoms with Crippen LogP contribution in [0.5, 0.6) is 0 Å². The number of carbonyl (C=O) groups excluding carboxylic acids is 1. The fourth-order valence-electron chi connectivity index (χ4n) is 4.23. The van der Waals surface area contributed by atoms with Gasteiger partial charge in [0.05, 0.1) is 0 Å². The summed E-state index contributed by atoms with van der Waals surface area (Å²) in [5.74, 6) is 0.145. The Balaban J connectivity index is 1.56. The quantitative estimate of drug-likeness (QED) is 0.725. The Morgan fingerprint density at radius 3 is 2.93 bits per heavy atom. The number of rotatable bonds is 4. The molecule has 0 radical (unpaired) electrons. The molecule has 4 nitrogen and oxygen atoms in total. The molecule has 0 aliphatic carbocycles. The first kappa shape index (κ1) is 17.8. The highest BCUT2D eigenvalue weighted by Gasteiger charge is 2.29. The summed E-state index contributed by atoms with van der Waals surface area (Å²) in [5, 5.41) is 1.15. The SMILES string of the molecule is Cc1ccc2[nH]c(C(=O)N3CCCC[C@H]3CCc3ccccn3)c(C)c2c1. The monoisotopic (exact) mass is 361 g/mol. The third-order valence-electron chi connectivity index (χ3n) is 5.78. The van der Waals surface area contributed by atoms with Crippen molar-refractivity contribution in [2.75, 3.05) is 6.54 Å². The normalized spacial score (nSPS) is 17.4. The van der Waals surface area contributed by atoms with E-state index in [0.717, 1.165) is 60.1 Å². The maximum atomic E-state index is 13.4. The van der Waals surface area contributed by atoms with Crippen LogP contribution >= 0.6 is 0 Å². The van der Waals surface area contributed by atoms with Crippen molar-refractivity contribution in [1.82, 2.24) is 14.9 Å². The highest BCUT2D eigenvalue weighted by atomic mass is 16.2. The number of benzene rings is 1. The molecule has 0 saturated carbocycles.